The first-order valence-corrected chi connectivity index (χ1v) is 7.19. The van der Waals surface area contributed by atoms with Gasteiger partial charge in [0, 0.05) is 23.3 Å². The number of carbonyl (C=O) groups excluding carboxylic acids is 1. The third-order valence-corrected chi connectivity index (χ3v) is 3.32. The van der Waals surface area contributed by atoms with Crippen LogP contribution in [0, 0.1) is 6.92 Å². The van der Waals surface area contributed by atoms with E-state index in [0.29, 0.717) is 12.2 Å². The Kier molecular flexibility index (Phi) is 4.85. The van der Waals surface area contributed by atoms with Gasteiger partial charge >= 0.3 is 0 Å². The third-order valence-electron chi connectivity index (χ3n) is 3.32. The first-order chi connectivity index (χ1) is 9.65. The number of benzene rings is 1. The van der Waals surface area contributed by atoms with E-state index in [4.69, 9.17) is 4.74 Å². The molecule has 0 spiro atoms. The van der Waals surface area contributed by atoms with Gasteiger partial charge in [0.05, 0.1) is 5.52 Å². The maximum absolute atomic E-state index is 12.5. The van der Waals surface area contributed by atoms with Crippen LogP contribution in [0.25, 0.3) is 10.9 Å². The Hall–Kier alpha value is -1.74. The van der Waals surface area contributed by atoms with Gasteiger partial charge in [-0.25, -0.2) is 0 Å². The molecular formula is C17H21NO2. The Morgan fingerprint density at radius 3 is 2.75 bits per heavy atom. The number of hydrogen-bond acceptors (Lipinski definition) is 3. The van der Waals surface area contributed by atoms with E-state index in [0.717, 1.165) is 29.4 Å². The number of Topliss-reactive ketones (excluding diaryl/α,β-unsaturated/α-hetero) is 1. The van der Waals surface area contributed by atoms with Gasteiger partial charge in [-0.05, 0) is 44.5 Å². The minimum atomic E-state index is -0.333. The van der Waals surface area contributed by atoms with E-state index in [9.17, 15) is 4.79 Å². The van der Waals surface area contributed by atoms with Gasteiger partial charge in [-0.15, -0.1) is 0 Å². The lowest BCUT2D eigenvalue weighted by molar-refractivity contribution is 0.0423. The van der Waals surface area contributed by atoms with Gasteiger partial charge in [-0.1, -0.05) is 19.4 Å². The van der Waals surface area contributed by atoms with Crippen molar-refractivity contribution >= 4 is 16.7 Å². The van der Waals surface area contributed by atoms with E-state index in [1.165, 1.54) is 0 Å². The van der Waals surface area contributed by atoms with Crippen molar-refractivity contribution in [2.24, 2.45) is 0 Å². The van der Waals surface area contributed by atoms with E-state index < -0.39 is 0 Å². The predicted molar refractivity (Wildman–Crippen MR) is 81.1 cm³/mol. The molecule has 1 atom stereocenters. The normalized spacial score (nSPS) is 12.6. The molecule has 1 unspecified atom stereocenters. The van der Waals surface area contributed by atoms with Gasteiger partial charge in [-0.2, -0.15) is 0 Å². The molecule has 1 aromatic carbocycles. The van der Waals surface area contributed by atoms with Gasteiger partial charge in [0.25, 0.3) is 0 Å². The average molecular weight is 271 g/mol. The summed E-state index contributed by atoms with van der Waals surface area (Å²) in [5, 5.41) is 0.994. The van der Waals surface area contributed by atoms with Crippen molar-refractivity contribution in [3.05, 3.63) is 41.6 Å². The monoisotopic (exact) mass is 271 g/mol. The van der Waals surface area contributed by atoms with Crippen molar-refractivity contribution in [1.29, 1.82) is 0 Å². The van der Waals surface area contributed by atoms with E-state index in [1.807, 2.05) is 44.2 Å². The van der Waals surface area contributed by atoms with Crippen LogP contribution in [-0.2, 0) is 4.74 Å². The molecule has 0 aliphatic heterocycles. The molecule has 0 aliphatic carbocycles. The van der Waals surface area contributed by atoms with Crippen LogP contribution in [0.1, 0.15) is 42.7 Å². The molecule has 2 rings (SSSR count). The number of ether oxygens (including phenoxy) is 1. The van der Waals surface area contributed by atoms with Gasteiger partial charge in [0.1, 0.15) is 6.10 Å². The highest BCUT2D eigenvalue weighted by Gasteiger charge is 2.19. The largest absolute Gasteiger partial charge is 0.370 e. The molecule has 2 aromatic rings. The quantitative estimate of drug-likeness (QED) is 0.747. The molecule has 0 bridgehead atoms. The minimum absolute atomic E-state index is 0.0659. The molecule has 0 saturated carbocycles. The Morgan fingerprint density at radius 2 is 2.05 bits per heavy atom. The number of aryl methyl sites for hydroxylation is 1. The van der Waals surface area contributed by atoms with E-state index in [-0.39, 0.29) is 11.9 Å². The third kappa shape index (κ3) is 3.23. The first kappa shape index (κ1) is 14.7. The fourth-order valence-corrected chi connectivity index (χ4v) is 2.32. The molecule has 0 radical (unpaired) electrons. The fourth-order valence-electron chi connectivity index (χ4n) is 2.32. The zero-order chi connectivity index (χ0) is 14.5. The summed E-state index contributed by atoms with van der Waals surface area (Å²) in [5.41, 5.74) is 2.61. The Balaban J connectivity index is 2.31. The maximum Gasteiger partial charge on any atom is 0.191 e. The summed E-state index contributed by atoms with van der Waals surface area (Å²) >= 11 is 0. The number of aromatic nitrogens is 1. The molecule has 20 heavy (non-hydrogen) atoms. The van der Waals surface area contributed by atoms with Crippen LogP contribution in [0.4, 0.5) is 0 Å². The molecule has 1 aromatic heterocycles. The summed E-state index contributed by atoms with van der Waals surface area (Å²) in [7, 11) is 0. The van der Waals surface area contributed by atoms with Crippen LogP contribution < -0.4 is 0 Å². The number of nitrogens with zero attached hydrogens (tertiary/aromatic N) is 1. The lowest BCUT2D eigenvalue weighted by atomic mass is 10.0. The summed E-state index contributed by atoms with van der Waals surface area (Å²) in [6.07, 6.45) is 1.36. The van der Waals surface area contributed by atoms with Crippen molar-refractivity contribution in [3.8, 4) is 0 Å². The standard InChI is InChI=1S/C17H21NO2/c1-4-6-16(20-5-2)17(19)14-9-10-15-13(11-14)8-7-12(3)18-15/h7-11,16H,4-6H2,1-3H3. The van der Waals surface area contributed by atoms with Crippen LogP contribution in [0.2, 0.25) is 0 Å². The number of hydrogen-bond donors (Lipinski definition) is 0. The number of carbonyl (C=O) groups is 1. The molecule has 3 heteroatoms. The van der Waals surface area contributed by atoms with E-state index in [1.54, 1.807) is 0 Å². The zero-order valence-corrected chi connectivity index (χ0v) is 12.3. The number of ketones is 1. The number of rotatable bonds is 6. The fraction of sp³-hybridized carbons (Fsp3) is 0.412. The molecule has 106 valence electrons. The summed E-state index contributed by atoms with van der Waals surface area (Å²) < 4.78 is 5.56. The number of fused-ring (bicyclic) bond motifs is 1. The van der Waals surface area contributed by atoms with Crippen molar-refractivity contribution in [2.45, 2.75) is 39.7 Å². The highest BCUT2D eigenvalue weighted by atomic mass is 16.5. The van der Waals surface area contributed by atoms with Crippen molar-refractivity contribution < 1.29 is 9.53 Å². The Labute approximate surface area is 120 Å². The van der Waals surface area contributed by atoms with Crippen molar-refractivity contribution in [2.75, 3.05) is 6.61 Å². The highest BCUT2D eigenvalue weighted by Crippen LogP contribution is 2.18. The first-order valence-electron chi connectivity index (χ1n) is 7.19. The lowest BCUT2D eigenvalue weighted by Crippen LogP contribution is -2.24. The van der Waals surface area contributed by atoms with Crippen molar-refractivity contribution in [1.82, 2.24) is 4.98 Å². The minimum Gasteiger partial charge on any atom is -0.370 e. The summed E-state index contributed by atoms with van der Waals surface area (Å²) in [4.78, 5) is 16.9. The second kappa shape index (κ2) is 6.62. The lowest BCUT2D eigenvalue weighted by Gasteiger charge is -2.15. The smallest absolute Gasteiger partial charge is 0.191 e. The van der Waals surface area contributed by atoms with Crippen LogP contribution in [0.15, 0.2) is 30.3 Å². The molecule has 0 amide bonds. The second-order valence-electron chi connectivity index (χ2n) is 4.96. The second-order valence-corrected chi connectivity index (χ2v) is 4.96. The molecule has 0 aliphatic rings. The Bertz CT molecular complexity index is 601. The predicted octanol–water partition coefficient (Wildman–Crippen LogP) is 3.93. The molecule has 1 heterocycles. The molecule has 0 N–H and O–H groups in total. The average Bonchev–Trinajstić information content (AvgIpc) is 2.45. The Morgan fingerprint density at radius 1 is 1.25 bits per heavy atom. The molecule has 0 fully saturated rings. The number of pyridine rings is 1. The van der Waals surface area contributed by atoms with Crippen molar-refractivity contribution in [3.63, 3.8) is 0 Å². The summed E-state index contributed by atoms with van der Waals surface area (Å²) in [5.74, 6) is 0.0659. The van der Waals surface area contributed by atoms with E-state index >= 15 is 0 Å². The maximum atomic E-state index is 12.5. The van der Waals surface area contributed by atoms with Crippen LogP contribution >= 0.6 is 0 Å². The zero-order valence-electron chi connectivity index (χ0n) is 12.3. The van der Waals surface area contributed by atoms with Crippen LogP contribution in [0.5, 0.6) is 0 Å². The molecule has 3 nitrogen and oxygen atoms in total. The summed E-state index contributed by atoms with van der Waals surface area (Å²) in [6, 6.07) is 9.63. The van der Waals surface area contributed by atoms with E-state index in [2.05, 4.69) is 11.9 Å². The molecule has 0 saturated heterocycles. The SMILES string of the molecule is CCCC(OCC)C(=O)c1ccc2nc(C)ccc2c1. The van der Waals surface area contributed by atoms with Gasteiger partial charge in [-0.3, -0.25) is 9.78 Å². The summed E-state index contributed by atoms with van der Waals surface area (Å²) in [6.45, 7) is 6.50. The van der Waals surface area contributed by atoms with Gasteiger partial charge in [0.15, 0.2) is 5.78 Å². The highest BCUT2D eigenvalue weighted by molar-refractivity contribution is 6.02. The van der Waals surface area contributed by atoms with Gasteiger partial charge in [0.2, 0.25) is 0 Å². The molecular weight excluding hydrogens is 250 g/mol. The van der Waals surface area contributed by atoms with Crippen LogP contribution in [-0.4, -0.2) is 23.5 Å². The topological polar surface area (TPSA) is 39.2 Å². The van der Waals surface area contributed by atoms with Crippen LogP contribution in [0.3, 0.4) is 0 Å². The van der Waals surface area contributed by atoms with Gasteiger partial charge < -0.3 is 4.74 Å².